The summed E-state index contributed by atoms with van der Waals surface area (Å²) in [6.45, 7) is 4.91. The average molecular weight is 371 g/mol. The molecule has 1 unspecified atom stereocenters. The zero-order chi connectivity index (χ0) is 15.4. The molecule has 0 heterocycles. The van der Waals surface area contributed by atoms with E-state index in [9.17, 15) is 4.39 Å². The first-order valence-corrected chi connectivity index (χ1v) is 8.11. The summed E-state index contributed by atoms with van der Waals surface area (Å²) in [5, 5.41) is 3.97. The second kappa shape index (κ2) is 7.39. The van der Waals surface area contributed by atoms with Gasteiger partial charge in [-0.15, -0.1) is 0 Å². The summed E-state index contributed by atoms with van der Waals surface area (Å²) in [5.74, 6) is -0.214. The van der Waals surface area contributed by atoms with Crippen LogP contribution in [0.4, 0.5) is 4.39 Å². The van der Waals surface area contributed by atoms with Gasteiger partial charge < -0.3 is 5.32 Å². The second-order valence-corrected chi connectivity index (χ2v) is 6.35. The van der Waals surface area contributed by atoms with E-state index in [2.05, 4.69) is 39.4 Å². The van der Waals surface area contributed by atoms with Crippen LogP contribution in [0.3, 0.4) is 0 Å². The largest absolute Gasteiger partial charge is 0.310 e. The lowest BCUT2D eigenvalue weighted by molar-refractivity contribution is 0.528. The standard InChI is InChI=1S/C17H18BrClFN/c1-3-21-17(12-5-4-11(2)15(18)9-12)10-13-8-14(19)6-7-16(13)20/h4-9,17,21H,3,10H2,1-2H3. The lowest BCUT2D eigenvalue weighted by Gasteiger charge is -2.20. The van der Waals surface area contributed by atoms with Gasteiger partial charge in [-0.05, 0) is 60.8 Å². The van der Waals surface area contributed by atoms with E-state index in [4.69, 9.17) is 11.6 Å². The van der Waals surface area contributed by atoms with Gasteiger partial charge in [0.1, 0.15) is 5.82 Å². The molecule has 2 aromatic rings. The van der Waals surface area contributed by atoms with Crippen molar-refractivity contribution in [1.29, 1.82) is 0 Å². The summed E-state index contributed by atoms with van der Waals surface area (Å²) in [6.07, 6.45) is 0.565. The van der Waals surface area contributed by atoms with E-state index >= 15 is 0 Å². The molecule has 0 fully saturated rings. The first-order valence-electron chi connectivity index (χ1n) is 6.94. The fraction of sp³-hybridized carbons (Fsp3) is 0.294. The maximum Gasteiger partial charge on any atom is 0.126 e. The smallest absolute Gasteiger partial charge is 0.126 e. The summed E-state index contributed by atoms with van der Waals surface area (Å²) >= 11 is 9.53. The summed E-state index contributed by atoms with van der Waals surface area (Å²) in [7, 11) is 0. The molecule has 0 aliphatic carbocycles. The molecule has 0 spiro atoms. The SMILES string of the molecule is CCNC(Cc1cc(Cl)ccc1F)c1ccc(C)c(Br)c1. The average Bonchev–Trinajstić information content (AvgIpc) is 2.45. The quantitative estimate of drug-likeness (QED) is 0.738. The van der Waals surface area contributed by atoms with E-state index in [0.717, 1.165) is 16.6 Å². The molecule has 0 saturated heterocycles. The third kappa shape index (κ3) is 4.29. The fourth-order valence-electron chi connectivity index (χ4n) is 2.30. The van der Waals surface area contributed by atoms with Crippen LogP contribution in [-0.4, -0.2) is 6.54 Å². The third-order valence-electron chi connectivity index (χ3n) is 3.48. The predicted octanol–water partition coefficient (Wildman–Crippen LogP) is 5.44. The topological polar surface area (TPSA) is 12.0 Å². The highest BCUT2D eigenvalue weighted by atomic mass is 79.9. The van der Waals surface area contributed by atoms with Crippen molar-refractivity contribution in [2.45, 2.75) is 26.3 Å². The van der Waals surface area contributed by atoms with Crippen LogP contribution in [0.15, 0.2) is 40.9 Å². The molecule has 0 amide bonds. The van der Waals surface area contributed by atoms with Gasteiger partial charge in [0, 0.05) is 15.5 Å². The molecular weight excluding hydrogens is 353 g/mol. The van der Waals surface area contributed by atoms with Crippen molar-refractivity contribution in [2.24, 2.45) is 0 Å². The lowest BCUT2D eigenvalue weighted by atomic mass is 9.97. The zero-order valence-electron chi connectivity index (χ0n) is 12.1. The van der Waals surface area contributed by atoms with Crippen LogP contribution in [0.25, 0.3) is 0 Å². The van der Waals surface area contributed by atoms with Crippen molar-refractivity contribution in [3.63, 3.8) is 0 Å². The van der Waals surface area contributed by atoms with Crippen LogP contribution in [0.1, 0.15) is 29.7 Å². The number of benzene rings is 2. The van der Waals surface area contributed by atoms with Crippen molar-refractivity contribution >= 4 is 27.5 Å². The first-order chi connectivity index (χ1) is 10.0. The van der Waals surface area contributed by atoms with Gasteiger partial charge >= 0.3 is 0 Å². The van der Waals surface area contributed by atoms with E-state index in [0.29, 0.717) is 17.0 Å². The van der Waals surface area contributed by atoms with Gasteiger partial charge in [-0.1, -0.05) is 46.6 Å². The number of halogens is 3. The minimum atomic E-state index is -0.214. The molecule has 2 rings (SSSR count). The Morgan fingerprint density at radius 1 is 1.24 bits per heavy atom. The van der Waals surface area contributed by atoms with E-state index in [1.807, 2.05) is 13.8 Å². The Hall–Kier alpha value is -0.900. The van der Waals surface area contributed by atoms with Crippen LogP contribution in [0, 0.1) is 12.7 Å². The van der Waals surface area contributed by atoms with Gasteiger partial charge in [0.15, 0.2) is 0 Å². The number of likely N-dealkylation sites (N-methyl/N-ethyl adjacent to an activating group) is 1. The van der Waals surface area contributed by atoms with Gasteiger partial charge in [-0.25, -0.2) is 4.39 Å². The fourth-order valence-corrected chi connectivity index (χ4v) is 2.89. The van der Waals surface area contributed by atoms with Crippen molar-refractivity contribution in [2.75, 3.05) is 6.54 Å². The van der Waals surface area contributed by atoms with Crippen molar-refractivity contribution in [1.82, 2.24) is 5.32 Å². The summed E-state index contributed by atoms with van der Waals surface area (Å²) in [6, 6.07) is 11.0. The summed E-state index contributed by atoms with van der Waals surface area (Å²) in [5.41, 5.74) is 2.95. The monoisotopic (exact) mass is 369 g/mol. The second-order valence-electron chi connectivity index (χ2n) is 5.06. The Morgan fingerprint density at radius 2 is 2.00 bits per heavy atom. The van der Waals surface area contributed by atoms with Crippen molar-refractivity contribution in [3.05, 3.63) is 68.4 Å². The Balaban J connectivity index is 2.30. The Kier molecular flexibility index (Phi) is 5.80. The highest BCUT2D eigenvalue weighted by molar-refractivity contribution is 9.10. The molecule has 0 bridgehead atoms. The van der Waals surface area contributed by atoms with Crippen LogP contribution in [0.5, 0.6) is 0 Å². The van der Waals surface area contributed by atoms with Crippen LogP contribution in [0.2, 0.25) is 5.02 Å². The molecule has 0 saturated carbocycles. The number of nitrogens with one attached hydrogen (secondary N) is 1. The molecule has 0 radical (unpaired) electrons. The van der Waals surface area contributed by atoms with Gasteiger partial charge in [0.05, 0.1) is 0 Å². The molecule has 1 atom stereocenters. The maximum absolute atomic E-state index is 13.9. The highest BCUT2D eigenvalue weighted by Crippen LogP contribution is 2.26. The summed E-state index contributed by atoms with van der Waals surface area (Å²) in [4.78, 5) is 0. The van der Waals surface area contributed by atoms with E-state index < -0.39 is 0 Å². The Bertz CT molecular complexity index is 630. The van der Waals surface area contributed by atoms with Gasteiger partial charge in [-0.3, -0.25) is 0 Å². The van der Waals surface area contributed by atoms with Crippen LogP contribution < -0.4 is 5.32 Å². The number of rotatable bonds is 5. The number of aryl methyl sites for hydroxylation is 1. The molecule has 2 aromatic carbocycles. The maximum atomic E-state index is 13.9. The molecule has 0 aromatic heterocycles. The van der Waals surface area contributed by atoms with Gasteiger partial charge in [0.25, 0.3) is 0 Å². The molecule has 21 heavy (non-hydrogen) atoms. The molecule has 112 valence electrons. The molecule has 1 N–H and O–H groups in total. The zero-order valence-corrected chi connectivity index (χ0v) is 14.4. The normalized spacial score (nSPS) is 12.4. The number of hydrogen-bond acceptors (Lipinski definition) is 1. The molecule has 1 nitrogen and oxygen atoms in total. The van der Waals surface area contributed by atoms with E-state index in [-0.39, 0.29) is 11.9 Å². The molecule has 0 aliphatic rings. The molecule has 4 heteroatoms. The van der Waals surface area contributed by atoms with Crippen LogP contribution >= 0.6 is 27.5 Å². The van der Waals surface area contributed by atoms with E-state index in [1.165, 1.54) is 11.6 Å². The third-order valence-corrected chi connectivity index (χ3v) is 4.57. The predicted molar refractivity (Wildman–Crippen MR) is 90.4 cm³/mol. The number of hydrogen-bond donors (Lipinski definition) is 1. The minimum Gasteiger partial charge on any atom is -0.310 e. The highest BCUT2D eigenvalue weighted by Gasteiger charge is 2.15. The minimum absolute atomic E-state index is 0.0554. The van der Waals surface area contributed by atoms with Gasteiger partial charge in [-0.2, -0.15) is 0 Å². The first kappa shape index (κ1) is 16.5. The summed E-state index contributed by atoms with van der Waals surface area (Å²) < 4.78 is 15.0. The Labute approximate surface area is 138 Å². The van der Waals surface area contributed by atoms with Crippen LogP contribution in [-0.2, 0) is 6.42 Å². The lowest BCUT2D eigenvalue weighted by Crippen LogP contribution is -2.23. The molecule has 0 aliphatic heterocycles. The van der Waals surface area contributed by atoms with Crippen molar-refractivity contribution in [3.8, 4) is 0 Å². The molecular formula is C17H18BrClFN. The van der Waals surface area contributed by atoms with Crippen molar-refractivity contribution < 1.29 is 4.39 Å². The van der Waals surface area contributed by atoms with E-state index in [1.54, 1.807) is 12.1 Å². The van der Waals surface area contributed by atoms with Gasteiger partial charge in [0.2, 0.25) is 0 Å². The Morgan fingerprint density at radius 3 is 2.67 bits per heavy atom.